The van der Waals surface area contributed by atoms with Gasteiger partial charge in [0.2, 0.25) is 4.96 Å². The zero-order chi connectivity index (χ0) is 18.8. The monoisotopic (exact) mass is 401 g/mol. The summed E-state index contributed by atoms with van der Waals surface area (Å²) in [5.41, 5.74) is 1.19. The summed E-state index contributed by atoms with van der Waals surface area (Å²) in [6.45, 7) is 4.31. The van der Waals surface area contributed by atoms with Crippen LogP contribution in [0.5, 0.6) is 5.75 Å². The van der Waals surface area contributed by atoms with Gasteiger partial charge in [0.15, 0.2) is 0 Å². The van der Waals surface area contributed by atoms with E-state index < -0.39 is 0 Å². The Hall–Kier alpha value is -2.72. The quantitative estimate of drug-likeness (QED) is 0.455. The van der Waals surface area contributed by atoms with Crippen molar-refractivity contribution in [2.24, 2.45) is 0 Å². The normalized spacial score (nSPS) is 11.2. The molecule has 0 fully saturated rings. The van der Waals surface area contributed by atoms with E-state index in [2.05, 4.69) is 20.3 Å². The van der Waals surface area contributed by atoms with Crippen LogP contribution < -0.4 is 10.3 Å². The minimum absolute atomic E-state index is 0.197. The van der Waals surface area contributed by atoms with Gasteiger partial charge in [0.1, 0.15) is 10.8 Å². The van der Waals surface area contributed by atoms with Gasteiger partial charge in [0, 0.05) is 11.8 Å². The van der Waals surface area contributed by atoms with Crippen LogP contribution in [-0.2, 0) is 5.75 Å². The molecule has 0 atom stereocenters. The van der Waals surface area contributed by atoms with Gasteiger partial charge < -0.3 is 9.15 Å². The fourth-order valence-electron chi connectivity index (χ4n) is 2.46. The molecular formula is C17H15N5O3S2. The molecule has 0 aliphatic carbocycles. The number of aromatic nitrogens is 5. The molecule has 0 amide bonds. The number of para-hydroxylation sites is 1. The van der Waals surface area contributed by atoms with Gasteiger partial charge in [-0.25, -0.2) is 4.98 Å². The Labute approximate surface area is 162 Å². The summed E-state index contributed by atoms with van der Waals surface area (Å²) in [7, 11) is 0. The molecule has 4 aromatic rings. The molecule has 3 aromatic heterocycles. The first-order valence-corrected chi connectivity index (χ1v) is 9.99. The van der Waals surface area contributed by atoms with Gasteiger partial charge in [-0.05, 0) is 26.0 Å². The van der Waals surface area contributed by atoms with Gasteiger partial charge in [0.25, 0.3) is 16.7 Å². The Morgan fingerprint density at radius 2 is 2.15 bits per heavy atom. The van der Waals surface area contributed by atoms with Gasteiger partial charge in [-0.1, -0.05) is 35.2 Å². The van der Waals surface area contributed by atoms with E-state index in [-0.39, 0.29) is 5.56 Å². The molecule has 27 heavy (non-hydrogen) atoms. The smallest absolute Gasteiger partial charge is 0.277 e. The van der Waals surface area contributed by atoms with E-state index in [1.807, 2.05) is 38.1 Å². The van der Waals surface area contributed by atoms with E-state index in [4.69, 9.17) is 9.15 Å². The first-order valence-electron chi connectivity index (χ1n) is 8.19. The lowest BCUT2D eigenvalue weighted by Crippen LogP contribution is -2.15. The van der Waals surface area contributed by atoms with Crippen molar-refractivity contribution in [3.05, 3.63) is 51.4 Å². The number of hydrogen-bond donors (Lipinski definition) is 0. The van der Waals surface area contributed by atoms with Crippen molar-refractivity contribution >= 4 is 28.1 Å². The average molecular weight is 401 g/mol. The molecule has 138 valence electrons. The number of thioether (sulfide) groups is 1. The third-order valence-corrected chi connectivity index (χ3v) is 5.24. The second kappa shape index (κ2) is 7.49. The zero-order valence-corrected chi connectivity index (χ0v) is 16.2. The van der Waals surface area contributed by atoms with Crippen LogP contribution in [0.3, 0.4) is 0 Å². The molecule has 0 aliphatic heterocycles. The Bertz CT molecular complexity index is 1150. The zero-order valence-electron chi connectivity index (χ0n) is 14.6. The number of fused-ring (bicyclic) bond motifs is 1. The first-order chi connectivity index (χ1) is 13.1. The lowest BCUT2D eigenvalue weighted by atomic mass is 10.2. The van der Waals surface area contributed by atoms with Gasteiger partial charge in [-0.2, -0.15) is 9.61 Å². The fraction of sp³-hybridized carbons (Fsp3) is 0.235. The number of aryl methyl sites for hydroxylation is 1. The van der Waals surface area contributed by atoms with Crippen molar-refractivity contribution in [2.75, 3.05) is 6.61 Å². The Balaban J connectivity index is 1.53. The molecule has 0 saturated carbocycles. The molecule has 0 spiro atoms. The van der Waals surface area contributed by atoms with Crippen molar-refractivity contribution < 1.29 is 9.15 Å². The maximum atomic E-state index is 12.1. The fourth-order valence-corrected chi connectivity index (χ4v) is 3.89. The molecule has 0 N–H and O–H groups in total. The van der Waals surface area contributed by atoms with Crippen molar-refractivity contribution in [3.8, 4) is 17.2 Å². The van der Waals surface area contributed by atoms with Gasteiger partial charge >= 0.3 is 0 Å². The molecule has 10 heteroatoms. The number of hydrogen-bond acceptors (Lipinski definition) is 9. The van der Waals surface area contributed by atoms with Crippen molar-refractivity contribution in [2.45, 2.75) is 24.8 Å². The predicted octanol–water partition coefficient (Wildman–Crippen LogP) is 3.20. The molecule has 0 bridgehead atoms. The van der Waals surface area contributed by atoms with Crippen LogP contribution in [-0.4, -0.2) is 31.4 Å². The summed E-state index contributed by atoms with van der Waals surface area (Å²) in [5.74, 6) is 1.53. The van der Waals surface area contributed by atoms with Crippen molar-refractivity contribution in [1.82, 2.24) is 24.8 Å². The van der Waals surface area contributed by atoms with Crippen LogP contribution in [0.25, 0.3) is 16.4 Å². The largest absolute Gasteiger partial charge is 0.493 e. The molecule has 0 radical (unpaired) electrons. The van der Waals surface area contributed by atoms with Gasteiger partial charge in [0.05, 0.1) is 17.9 Å². The van der Waals surface area contributed by atoms with Crippen LogP contribution in [0, 0.1) is 6.92 Å². The highest BCUT2D eigenvalue weighted by Gasteiger charge is 2.14. The van der Waals surface area contributed by atoms with E-state index in [1.165, 1.54) is 33.7 Å². The number of ether oxygens (including phenoxy) is 1. The number of rotatable bonds is 6. The van der Waals surface area contributed by atoms with E-state index in [0.29, 0.717) is 39.9 Å². The second-order valence-electron chi connectivity index (χ2n) is 5.49. The summed E-state index contributed by atoms with van der Waals surface area (Å²) < 4.78 is 12.6. The molecule has 3 heterocycles. The first kappa shape index (κ1) is 17.7. The van der Waals surface area contributed by atoms with E-state index >= 15 is 0 Å². The summed E-state index contributed by atoms with van der Waals surface area (Å²) in [6.07, 6.45) is 0. The van der Waals surface area contributed by atoms with Crippen molar-refractivity contribution in [1.29, 1.82) is 0 Å². The van der Waals surface area contributed by atoms with E-state index in [9.17, 15) is 4.79 Å². The van der Waals surface area contributed by atoms with Crippen LogP contribution in [0.4, 0.5) is 0 Å². The average Bonchev–Trinajstić information content (AvgIpc) is 3.27. The SMILES string of the molecule is CCOc1ccccc1-c1nnc(SCc2cc(=O)n3nc(C)sc3n2)o1. The van der Waals surface area contributed by atoms with E-state index in [0.717, 1.165) is 10.6 Å². The van der Waals surface area contributed by atoms with Crippen LogP contribution in [0.1, 0.15) is 17.6 Å². The lowest BCUT2D eigenvalue weighted by Gasteiger charge is -2.06. The Kier molecular flexibility index (Phi) is 4.90. The number of nitrogens with zero attached hydrogens (tertiary/aromatic N) is 5. The van der Waals surface area contributed by atoms with Crippen LogP contribution in [0.15, 0.2) is 44.8 Å². The molecule has 8 nitrogen and oxygen atoms in total. The Morgan fingerprint density at radius 3 is 3.00 bits per heavy atom. The third kappa shape index (κ3) is 3.71. The molecule has 0 unspecified atom stereocenters. The highest BCUT2D eigenvalue weighted by atomic mass is 32.2. The lowest BCUT2D eigenvalue weighted by molar-refractivity contribution is 0.340. The van der Waals surface area contributed by atoms with Gasteiger partial charge in [-0.15, -0.1) is 10.2 Å². The topological polar surface area (TPSA) is 95.4 Å². The highest BCUT2D eigenvalue weighted by molar-refractivity contribution is 7.98. The van der Waals surface area contributed by atoms with Crippen LogP contribution in [0.2, 0.25) is 0 Å². The maximum Gasteiger partial charge on any atom is 0.277 e. The number of benzene rings is 1. The minimum Gasteiger partial charge on any atom is -0.493 e. The molecule has 1 aromatic carbocycles. The summed E-state index contributed by atoms with van der Waals surface area (Å²) in [6, 6.07) is 8.98. The minimum atomic E-state index is -0.197. The van der Waals surface area contributed by atoms with E-state index in [1.54, 1.807) is 0 Å². The van der Waals surface area contributed by atoms with Crippen LogP contribution >= 0.6 is 23.1 Å². The molecule has 0 saturated heterocycles. The standard InChI is InChI=1S/C17H15N5O3S2/c1-3-24-13-7-5-4-6-12(13)15-19-20-17(25-15)26-9-11-8-14(23)22-16(18-11)27-10(2)21-22/h4-8H,3,9H2,1-2H3. The Morgan fingerprint density at radius 1 is 1.30 bits per heavy atom. The van der Waals surface area contributed by atoms with Crippen molar-refractivity contribution in [3.63, 3.8) is 0 Å². The summed E-state index contributed by atoms with van der Waals surface area (Å²) in [4.78, 5) is 17.1. The third-order valence-electron chi connectivity index (χ3n) is 3.57. The van der Waals surface area contributed by atoms with Gasteiger partial charge in [-0.3, -0.25) is 4.79 Å². The summed E-state index contributed by atoms with van der Waals surface area (Å²) >= 11 is 2.70. The predicted molar refractivity (Wildman–Crippen MR) is 102 cm³/mol. The molecule has 0 aliphatic rings. The molecular weight excluding hydrogens is 386 g/mol. The molecule has 4 rings (SSSR count). The maximum absolute atomic E-state index is 12.1. The second-order valence-corrected chi connectivity index (χ2v) is 7.58. The highest BCUT2D eigenvalue weighted by Crippen LogP contribution is 2.31. The summed E-state index contributed by atoms with van der Waals surface area (Å²) in [5, 5.41) is 13.5.